The molecule has 0 bridgehead atoms. The molecule has 7 nitrogen and oxygen atoms in total. The topological polar surface area (TPSA) is 85.9 Å². The van der Waals surface area contributed by atoms with Gasteiger partial charge in [0.25, 0.3) is 11.8 Å². The molecule has 33 heavy (non-hydrogen) atoms. The van der Waals surface area contributed by atoms with Gasteiger partial charge in [0.1, 0.15) is 11.6 Å². The molecule has 8 heteroatoms. The highest BCUT2D eigenvalue weighted by atomic mass is 19.1. The molecule has 1 aliphatic rings. The molecule has 170 valence electrons. The molecule has 1 heterocycles. The summed E-state index contributed by atoms with van der Waals surface area (Å²) in [4.78, 5) is 25.0. The lowest BCUT2D eigenvalue weighted by Gasteiger charge is -2.26. The van der Waals surface area contributed by atoms with Crippen LogP contribution in [0.25, 0.3) is 0 Å². The smallest absolute Gasteiger partial charge is 0.262 e. The van der Waals surface area contributed by atoms with Crippen LogP contribution in [0.1, 0.15) is 28.4 Å². The Balaban J connectivity index is 1.39. The molecular formula is C25H23FN2O5. The number of anilines is 1. The predicted molar refractivity (Wildman–Crippen MR) is 120 cm³/mol. The zero-order chi connectivity index (χ0) is 23.2. The largest absolute Gasteiger partial charge is 0.493 e. The van der Waals surface area contributed by atoms with Crippen LogP contribution < -0.4 is 24.8 Å². The van der Waals surface area contributed by atoms with E-state index in [9.17, 15) is 14.0 Å². The Morgan fingerprint density at radius 1 is 1.06 bits per heavy atom. The zero-order valence-corrected chi connectivity index (χ0v) is 18.0. The minimum Gasteiger partial charge on any atom is -0.493 e. The van der Waals surface area contributed by atoms with Crippen molar-refractivity contribution in [2.45, 2.75) is 12.5 Å². The number of hydrogen-bond acceptors (Lipinski definition) is 5. The number of para-hydroxylation sites is 1. The molecule has 0 fully saturated rings. The van der Waals surface area contributed by atoms with Crippen molar-refractivity contribution in [3.63, 3.8) is 0 Å². The lowest BCUT2D eigenvalue weighted by Crippen LogP contribution is -2.32. The highest BCUT2D eigenvalue weighted by molar-refractivity contribution is 5.95. The summed E-state index contributed by atoms with van der Waals surface area (Å²) in [5.74, 6) is 0.358. The number of benzene rings is 3. The fourth-order valence-corrected chi connectivity index (χ4v) is 3.54. The summed E-state index contributed by atoms with van der Waals surface area (Å²) in [7, 11) is 1.46. The number of methoxy groups -OCH3 is 1. The normalized spacial score (nSPS) is 14.4. The Bertz CT molecular complexity index is 1150. The van der Waals surface area contributed by atoms with E-state index >= 15 is 0 Å². The van der Waals surface area contributed by atoms with Crippen LogP contribution in [-0.4, -0.2) is 32.1 Å². The Morgan fingerprint density at radius 3 is 2.64 bits per heavy atom. The quantitative estimate of drug-likeness (QED) is 0.566. The fourth-order valence-electron chi connectivity index (χ4n) is 3.54. The SMILES string of the molecule is COc1cc(C(=O)N[C@@H]2CCOc3ccccc32)ccc1OCC(=O)Nc1ccc(F)cc1. The molecule has 0 aromatic heterocycles. The maximum atomic E-state index is 13.0. The maximum absolute atomic E-state index is 13.0. The number of carbonyl (C=O) groups excluding carboxylic acids is 2. The number of amides is 2. The average Bonchev–Trinajstić information content (AvgIpc) is 2.84. The van der Waals surface area contributed by atoms with Crippen molar-refractivity contribution in [3.8, 4) is 17.2 Å². The fraction of sp³-hybridized carbons (Fsp3) is 0.200. The van der Waals surface area contributed by atoms with Crippen LogP contribution >= 0.6 is 0 Å². The van der Waals surface area contributed by atoms with Crippen LogP contribution in [0.5, 0.6) is 17.2 Å². The van der Waals surface area contributed by atoms with E-state index in [0.717, 1.165) is 11.3 Å². The molecule has 3 aromatic carbocycles. The van der Waals surface area contributed by atoms with Crippen molar-refractivity contribution in [1.82, 2.24) is 5.32 Å². The lowest BCUT2D eigenvalue weighted by molar-refractivity contribution is -0.118. The molecule has 2 amide bonds. The molecular weight excluding hydrogens is 427 g/mol. The van der Waals surface area contributed by atoms with Gasteiger partial charge >= 0.3 is 0 Å². The van der Waals surface area contributed by atoms with Gasteiger partial charge in [-0.2, -0.15) is 0 Å². The number of nitrogens with one attached hydrogen (secondary N) is 2. The second-order valence-electron chi connectivity index (χ2n) is 7.41. The van der Waals surface area contributed by atoms with E-state index < -0.39 is 5.91 Å². The van der Waals surface area contributed by atoms with E-state index in [1.165, 1.54) is 31.4 Å². The van der Waals surface area contributed by atoms with Crippen molar-refractivity contribution in [1.29, 1.82) is 0 Å². The van der Waals surface area contributed by atoms with Crippen molar-refractivity contribution in [3.05, 3.63) is 83.7 Å². The average molecular weight is 450 g/mol. The lowest BCUT2D eigenvalue weighted by atomic mass is 10.00. The first kappa shape index (κ1) is 22.1. The van der Waals surface area contributed by atoms with E-state index in [-0.39, 0.29) is 24.4 Å². The van der Waals surface area contributed by atoms with E-state index in [2.05, 4.69) is 10.6 Å². The van der Waals surface area contributed by atoms with Crippen molar-refractivity contribution < 1.29 is 28.2 Å². The molecule has 1 aliphatic heterocycles. The van der Waals surface area contributed by atoms with Crippen LogP contribution in [0.4, 0.5) is 10.1 Å². The molecule has 4 rings (SSSR count). The van der Waals surface area contributed by atoms with Crippen molar-refractivity contribution in [2.75, 3.05) is 25.6 Å². The summed E-state index contributed by atoms with van der Waals surface area (Å²) < 4.78 is 29.5. The van der Waals surface area contributed by atoms with E-state index in [0.29, 0.717) is 35.8 Å². The van der Waals surface area contributed by atoms with Gasteiger partial charge in [-0.1, -0.05) is 18.2 Å². The third-order valence-electron chi connectivity index (χ3n) is 5.18. The Morgan fingerprint density at radius 2 is 1.85 bits per heavy atom. The van der Waals surface area contributed by atoms with Gasteiger partial charge in [-0.25, -0.2) is 4.39 Å². The zero-order valence-electron chi connectivity index (χ0n) is 18.0. The molecule has 0 unspecified atom stereocenters. The van der Waals surface area contributed by atoms with Gasteiger partial charge in [0.2, 0.25) is 0 Å². The molecule has 3 aromatic rings. The number of hydrogen-bond donors (Lipinski definition) is 2. The van der Waals surface area contributed by atoms with Gasteiger partial charge in [-0.15, -0.1) is 0 Å². The number of ether oxygens (including phenoxy) is 3. The third kappa shape index (κ3) is 5.41. The van der Waals surface area contributed by atoms with Gasteiger partial charge in [-0.3, -0.25) is 9.59 Å². The highest BCUT2D eigenvalue weighted by Gasteiger charge is 2.23. The molecule has 0 aliphatic carbocycles. The van der Waals surface area contributed by atoms with Gasteiger partial charge in [0.05, 0.1) is 19.8 Å². The first-order chi connectivity index (χ1) is 16.0. The third-order valence-corrected chi connectivity index (χ3v) is 5.18. The van der Waals surface area contributed by atoms with E-state index in [1.807, 2.05) is 24.3 Å². The van der Waals surface area contributed by atoms with Gasteiger partial charge in [-0.05, 0) is 48.5 Å². The summed E-state index contributed by atoms with van der Waals surface area (Å²) in [6.45, 7) is 0.246. The van der Waals surface area contributed by atoms with Crippen LogP contribution in [-0.2, 0) is 4.79 Å². The predicted octanol–water partition coefficient (Wildman–Crippen LogP) is 4.11. The second-order valence-corrected chi connectivity index (χ2v) is 7.41. The maximum Gasteiger partial charge on any atom is 0.262 e. The standard InChI is InChI=1S/C25H23FN2O5/c1-31-23-14-16(25(30)28-20-12-13-32-21-5-3-2-4-19(20)21)6-11-22(23)33-15-24(29)27-18-9-7-17(26)8-10-18/h2-11,14,20H,12-13,15H2,1H3,(H,27,29)(H,28,30)/t20-/m1/s1. The van der Waals surface area contributed by atoms with E-state index in [1.54, 1.807) is 18.2 Å². The van der Waals surface area contributed by atoms with Crippen LogP contribution in [0.2, 0.25) is 0 Å². The van der Waals surface area contributed by atoms with Crippen molar-refractivity contribution in [2.24, 2.45) is 0 Å². The summed E-state index contributed by atoms with van der Waals surface area (Å²) in [5, 5.41) is 5.65. The van der Waals surface area contributed by atoms with Crippen LogP contribution in [0.3, 0.4) is 0 Å². The van der Waals surface area contributed by atoms with Gasteiger partial charge in [0, 0.05) is 23.2 Å². The first-order valence-corrected chi connectivity index (χ1v) is 10.4. The van der Waals surface area contributed by atoms with Crippen LogP contribution in [0.15, 0.2) is 66.7 Å². The number of halogens is 1. The van der Waals surface area contributed by atoms with Gasteiger partial charge < -0.3 is 24.8 Å². The highest BCUT2D eigenvalue weighted by Crippen LogP contribution is 2.32. The molecule has 0 saturated heterocycles. The molecule has 1 atom stereocenters. The Labute approximate surface area is 190 Å². The molecule has 0 saturated carbocycles. The molecule has 2 N–H and O–H groups in total. The number of rotatable bonds is 7. The minimum atomic E-state index is -0.413. The minimum absolute atomic E-state index is 0.153. The summed E-state index contributed by atoms with van der Waals surface area (Å²) in [6, 6.07) is 17.6. The summed E-state index contributed by atoms with van der Waals surface area (Å²) >= 11 is 0. The summed E-state index contributed by atoms with van der Waals surface area (Å²) in [6.07, 6.45) is 0.671. The Kier molecular flexibility index (Phi) is 6.73. The summed E-state index contributed by atoms with van der Waals surface area (Å²) in [5.41, 5.74) is 1.80. The second kappa shape index (κ2) is 10.0. The Hall–Kier alpha value is -4.07. The van der Waals surface area contributed by atoms with Crippen molar-refractivity contribution >= 4 is 17.5 Å². The molecule has 0 spiro atoms. The molecule has 0 radical (unpaired) electrons. The first-order valence-electron chi connectivity index (χ1n) is 10.4. The van der Waals surface area contributed by atoms with E-state index in [4.69, 9.17) is 14.2 Å². The number of carbonyl (C=O) groups is 2. The monoisotopic (exact) mass is 450 g/mol. The van der Waals surface area contributed by atoms with Crippen LogP contribution in [0, 0.1) is 5.82 Å². The number of fused-ring (bicyclic) bond motifs is 1. The van der Waals surface area contributed by atoms with Gasteiger partial charge in [0.15, 0.2) is 18.1 Å².